The Kier molecular flexibility index (Phi) is 3.68. The highest BCUT2D eigenvalue weighted by Gasteiger charge is 2.01. The maximum absolute atomic E-state index is 10.5. The fraction of sp³-hybridized carbons (Fsp3) is 0.100. The quantitative estimate of drug-likeness (QED) is 0.749. The first-order valence-electron chi connectivity index (χ1n) is 4.03. The molecule has 1 aromatic rings. The van der Waals surface area contributed by atoms with E-state index in [2.05, 4.69) is 0 Å². The third kappa shape index (κ3) is 2.87. The molecule has 0 heterocycles. The maximum Gasteiger partial charge on any atom is 0.328 e. The Hall–Kier alpha value is -1.32. The van der Waals surface area contributed by atoms with Crippen LogP contribution in [0, 0.1) is 0 Å². The minimum Gasteiger partial charge on any atom is -0.478 e. The van der Waals surface area contributed by atoms with Gasteiger partial charge in [0.05, 0.1) is 0 Å². The second-order valence-electron chi connectivity index (χ2n) is 2.72. The standard InChI is InChI=1S/C10H10ClNO2/c11-9-3-1-7(2-4-9)8(6-12)5-10(13)14/h1-5H,6,12H2,(H,13,14). The molecular weight excluding hydrogens is 202 g/mol. The first-order chi connectivity index (χ1) is 6.63. The van der Waals surface area contributed by atoms with Gasteiger partial charge in [-0.3, -0.25) is 0 Å². The van der Waals surface area contributed by atoms with Crippen molar-refractivity contribution in [2.45, 2.75) is 0 Å². The summed E-state index contributed by atoms with van der Waals surface area (Å²) >= 11 is 5.70. The fourth-order valence-electron chi connectivity index (χ4n) is 1.07. The fourth-order valence-corrected chi connectivity index (χ4v) is 1.20. The number of carboxylic acid groups (broad SMARTS) is 1. The van der Waals surface area contributed by atoms with Crippen LogP contribution in [0.15, 0.2) is 30.3 Å². The second kappa shape index (κ2) is 4.79. The summed E-state index contributed by atoms with van der Waals surface area (Å²) in [5, 5.41) is 9.18. The third-order valence-electron chi connectivity index (χ3n) is 1.73. The molecule has 0 aliphatic carbocycles. The lowest BCUT2D eigenvalue weighted by Gasteiger charge is -2.03. The Morgan fingerprint density at radius 1 is 1.43 bits per heavy atom. The number of benzene rings is 1. The van der Waals surface area contributed by atoms with Crippen LogP contribution in [0.3, 0.4) is 0 Å². The van der Waals surface area contributed by atoms with E-state index in [1.54, 1.807) is 24.3 Å². The molecule has 0 aromatic heterocycles. The number of hydrogen-bond acceptors (Lipinski definition) is 2. The Morgan fingerprint density at radius 2 is 2.00 bits per heavy atom. The first kappa shape index (κ1) is 10.8. The van der Waals surface area contributed by atoms with Crippen LogP contribution >= 0.6 is 11.6 Å². The molecule has 0 bridgehead atoms. The molecule has 0 saturated carbocycles. The van der Waals surface area contributed by atoms with Crippen molar-refractivity contribution in [3.63, 3.8) is 0 Å². The molecule has 3 N–H and O–H groups in total. The van der Waals surface area contributed by atoms with E-state index in [1.807, 2.05) is 0 Å². The summed E-state index contributed by atoms with van der Waals surface area (Å²) < 4.78 is 0. The number of carboxylic acids is 1. The van der Waals surface area contributed by atoms with Gasteiger partial charge in [-0.2, -0.15) is 0 Å². The number of rotatable bonds is 3. The summed E-state index contributed by atoms with van der Waals surface area (Å²) in [4.78, 5) is 10.5. The highest BCUT2D eigenvalue weighted by Crippen LogP contribution is 2.16. The van der Waals surface area contributed by atoms with E-state index in [9.17, 15) is 4.79 Å². The zero-order valence-corrected chi connectivity index (χ0v) is 8.16. The van der Waals surface area contributed by atoms with Gasteiger partial charge in [0.2, 0.25) is 0 Å². The predicted molar refractivity (Wildman–Crippen MR) is 56.1 cm³/mol. The molecular formula is C10H10ClNO2. The lowest BCUT2D eigenvalue weighted by Crippen LogP contribution is -2.04. The topological polar surface area (TPSA) is 63.3 Å². The SMILES string of the molecule is NCC(=CC(=O)O)c1ccc(Cl)cc1. The normalized spacial score (nSPS) is 11.4. The molecule has 1 aromatic carbocycles. The molecule has 0 saturated heterocycles. The molecule has 0 unspecified atom stereocenters. The minimum absolute atomic E-state index is 0.188. The van der Waals surface area contributed by atoms with Crippen molar-refractivity contribution in [1.82, 2.24) is 0 Å². The number of aliphatic carboxylic acids is 1. The van der Waals surface area contributed by atoms with Crippen molar-refractivity contribution in [1.29, 1.82) is 0 Å². The molecule has 0 aliphatic heterocycles. The largest absolute Gasteiger partial charge is 0.478 e. The van der Waals surface area contributed by atoms with Crippen LogP contribution in [0.5, 0.6) is 0 Å². The van der Waals surface area contributed by atoms with Crippen molar-refractivity contribution >= 4 is 23.1 Å². The molecule has 0 amide bonds. The lowest BCUT2D eigenvalue weighted by atomic mass is 10.1. The lowest BCUT2D eigenvalue weighted by molar-refractivity contribution is -0.131. The van der Waals surface area contributed by atoms with Gasteiger partial charge >= 0.3 is 5.97 Å². The van der Waals surface area contributed by atoms with Crippen molar-refractivity contribution in [3.8, 4) is 0 Å². The number of hydrogen-bond donors (Lipinski definition) is 2. The van der Waals surface area contributed by atoms with E-state index < -0.39 is 5.97 Å². The average Bonchev–Trinajstić information content (AvgIpc) is 2.15. The van der Waals surface area contributed by atoms with Crippen LogP contribution in [0.4, 0.5) is 0 Å². The Morgan fingerprint density at radius 3 is 2.43 bits per heavy atom. The van der Waals surface area contributed by atoms with E-state index in [0.717, 1.165) is 11.6 Å². The Bertz CT molecular complexity index is 357. The summed E-state index contributed by atoms with van der Waals surface area (Å²) in [6.07, 6.45) is 1.10. The van der Waals surface area contributed by atoms with E-state index in [1.165, 1.54) is 0 Å². The summed E-state index contributed by atoms with van der Waals surface area (Å²) in [7, 11) is 0. The summed E-state index contributed by atoms with van der Waals surface area (Å²) in [5.74, 6) is -1.000. The van der Waals surface area contributed by atoms with Gasteiger partial charge in [-0.25, -0.2) is 4.79 Å². The first-order valence-corrected chi connectivity index (χ1v) is 4.41. The van der Waals surface area contributed by atoms with E-state index in [4.69, 9.17) is 22.4 Å². The van der Waals surface area contributed by atoms with Gasteiger partial charge in [-0.05, 0) is 23.3 Å². The molecule has 4 heteroatoms. The van der Waals surface area contributed by atoms with Gasteiger partial charge in [0.15, 0.2) is 0 Å². The van der Waals surface area contributed by atoms with Crippen LogP contribution < -0.4 is 5.73 Å². The molecule has 0 radical (unpaired) electrons. The Balaban J connectivity index is 3.01. The van der Waals surface area contributed by atoms with Gasteiger partial charge < -0.3 is 10.8 Å². The van der Waals surface area contributed by atoms with Gasteiger partial charge in [-0.1, -0.05) is 23.7 Å². The molecule has 0 aliphatic rings. The van der Waals surface area contributed by atoms with E-state index in [0.29, 0.717) is 10.6 Å². The van der Waals surface area contributed by atoms with Crippen LogP contribution in [-0.2, 0) is 4.79 Å². The monoisotopic (exact) mass is 211 g/mol. The van der Waals surface area contributed by atoms with Crippen LogP contribution in [0.2, 0.25) is 5.02 Å². The minimum atomic E-state index is -1.000. The molecule has 3 nitrogen and oxygen atoms in total. The molecule has 74 valence electrons. The van der Waals surface area contributed by atoms with Crippen LogP contribution in [0.1, 0.15) is 5.56 Å². The number of nitrogens with two attached hydrogens (primary N) is 1. The Labute approximate surface area is 86.8 Å². The molecule has 0 fully saturated rings. The predicted octanol–water partition coefficient (Wildman–Crippen LogP) is 1.77. The zero-order valence-electron chi connectivity index (χ0n) is 7.40. The summed E-state index contributed by atoms with van der Waals surface area (Å²) in [6.45, 7) is 0.188. The number of carbonyl (C=O) groups is 1. The van der Waals surface area contributed by atoms with Crippen molar-refractivity contribution in [2.24, 2.45) is 5.73 Å². The highest BCUT2D eigenvalue weighted by atomic mass is 35.5. The van der Waals surface area contributed by atoms with Crippen LogP contribution in [-0.4, -0.2) is 17.6 Å². The van der Waals surface area contributed by atoms with Crippen LogP contribution in [0.25, 0.3) is 5.57 Å². The van der Waals surface area contributed by atoms with E-state index >= 15 is 0 Å². The molecule has 14 heavy (non-hydrogen) atoms. The van der Waals surface area contributed by atoms with Gasteiger partial charge in [-0.15, -0.1) is 0 Å². The molecule has 0 atom stereocenters. The van der Waals surface area contributed by atoms with E-state index in [-0.39, 0.29) is 6.54 Å². The van der Waals surface area contributed by atoms with Crippen molar-refractivity contribution in [3.05, 3.63) is 40.9 Å². The summed E-state index contributed by atoms with van der Waals surface area (Å²) in [6, 6.07) is 6.87. The highest BCUT2D eigenvalue weighted by molar-refractivity contribution is 6.30. The third-order valence-corrected chi connectivity index (χ3v) is 1.98. The average molecular weight is 212 g/mol. The van der Waals surface area contributed by atoms with Gasteiger partial charge in [0, 0.05) is 17.6 Å². The van der Waals surface area contributed by atoms with Gasteiger partial charge in [0.25, 0.3) is 0 Å². The zero-order chi connectivity index (χ0) is 10.6. The molecule has 1 rings (SSSR count). The summed E-state index contributed by atoms with van der Waals surface area (Å²) in [5.41, 5.74) is 6.78. The second-order valence-corrected chi connectivity index (χ2v) is 3.16. The smallest absolute Gasteiger partial charge is 0.328 e. The molecule has 0 spiro atoms. The van der Waals surface area contributed by atoms with Crippen molar-refractivity contribution < 1.29 is 9.90 Å². The van der Waals surface area contributed by atoms with Gasteiger partial charge in [0.1, 0.15) is 0 Å². The van der Waals surface area contributed by atoms with Crippen molar-refractivity contribution in [2.75, 3.05) is 6.54 Å². The maximum atomic E-state index is 10.5. The number of halogens is 1.